The van der Waals surface area contributed by atoms with Crippen LogP contribution in [-0.2, 0) is 11.8 Å². The lowest BCUT2D eigenvalue weighted by atomic mass is 9.85. The largest absolute Gasteiger partial charge is 0.293 e. The highest BCUT2D eigenvalue weighted by molar-refractivity contribution is 6.08. The number of hydrogen-bond donors (Lipinski definition) is 0. The maximum atomic E-state index is 12.8. The van der Waals surface area contributed by atoms with Gasteiger partial charge < -0.3 is 0 Å². The Bertz CT molecular complexity index is 673. The Kier molecular flexibility index (Phi) is 1.94. The Hall–Kier alpha value is -1.89. The molecule has 0 heterocycles. The van der Waals surface area contributed by atoms with Crippen molar-refractivity contribution in [2.24, 2.45) is 5.41 Å². The minimum absolute atomic E-state index is 0.0182. The summed E-state index contributed by atoms with van der Waals surface area (Å²) in [7, 11) is 0. The summed E-state index contributed by atoms with van der Waals surface area (Å²) in [5.41, 5.74) is 3.33. The molecule has 2 aliphatic carbocycles. The van der Waals surface area contributed by atoms with Crippen molar-refractivity contribution in [2.45, 2.75) is 25.2 Å². The Morgan fingerprint density at radius 3 is 2.37 bits per heavy atom. The maximum absolute atomic E-state index is 12.8. The van der Waals surface area contributed by atoms with Gasteiger partial charge in [-0.05, 0) is 24.0 Å². The van der Waals surface area contributed by atoms with E-state index in [0.29, 0.717) is 5.78 Å². The predicted molar refractivity (Wildman–Crippen MR) is 75.3 cm³/mol. The molecule has 0 saturated heterocycles. The van der Waals surface area contributed by atoms with Gasteiger partial charge in [0.05, 0.1) is 0 Å². The summed E-state index contributed by atoms with van der Waals surface area (Å²) in [6, 6.07) is 18.6. The SMILES string of the molecule is C[C@]1(c2ccccc2)C[C@]12Cc1ccccc1C2=O. The monoisotopic (exact) mass is 248 g/mol. The van der Waals surface area contributed by atoms with Gasteiger partial charge >= 0.3 is 0 Å². The lowest BCUT2D eigenvalue weighted by Gasteiger charge is -2.17. The number of hydrogen-bond acceptors (Lipinski definition) is 1. The number of benzene rings is 2. The fourth-order valence-electron chi connectivity index (χ4n) is 3.89. The molecule has 0 amide bonds. The van der Waals surface area contributed by atoms with E-state index in [2.05, 4.69) is 37.3 Å². The van der Waals surface area contributed by atoms with Crippen LogP contribution in [0.15, 0.2) is 54.6 Å². The molecule has 0 aromatic heterocycles. The molecular weight excluding hydrogens is 232 g/mol. The molecule has 2 aromatic rings. The highest BCUT2D eigenvalue weighted by Gasteiger charge is 2.71. The first-order valence-electron chi connectivity index (χ1n) is 6.86. The van der Waals surface area contributed by atoms with E-state index in [1.165, 1.54) is 11.1 Å². The average molecular weight is 248 g/mol. The van der Waals surface area contributed by atoms with E-state index in [-0.39, 0.29) is 10.8 Å². The van der Waals surface area contributed by atoms with Crippen molar-refractivity contribution >= 4 is 5.78 Å². The van der Waals surface area contributed by atoms with Gasteiger partial charge in [-0.25, -0.2) is 0 Å². The van der Waals surface area contributed by atoms with E-state index in [4.69, 9.17) is 0 Å². The van der Waals surface area contributed by atoms with Crippen molar-refractivity contribution in [2.75, 3.05) is 0 Å². The highest BCUT2D eigenvalue weighted by Crippen LogP contribution is 2.69. The summed E-state index contributed by atoms with van der Waals surface area (Å²) in [6.45, 7) is 2.24. The number of carbonyl (C=O) groups excluding carboxylic acids is 1. The van der Waals surface area contributed by atoms with E-state index in [0.717, 1.165) is 18.4 Å². The minimum Gasteiger partial charge on any atom is -0.293 e. The van der Waals surface area contributed by atoms with Gasteiger partial charge in [0.15, 0.2) is 5.78 Å². The topological polar surface area (TPSA) is 17.1 Å². The Balaban J connectivity index is 1.79. The molecule has 1 nitrogen and oxygen atoms in total. The van der Waals surface area contributed by atoms with E-state index in [1.54, 1.807) is 0 Å². The standard InChI is InChI=1S/C18H16O/c1-17(14-8-3-2-4-9-14)12-18(17)11-13-7-5-6-10-15(13)16(18)19/h2-10H,11-12H2,1H3/t17-,18+/m1/s1. The molecule has 1 saturated carbocycles. The molecule has 0 unspecified atom stereocenters. The van der Waals surface area contributed by atoms with Gasteiger partial charge in [0, 0.05) is 16.4 Å². The summed E-state index contributed by atoms with van der Waals surface area (Å²) >= 11 is 0. The first-order chi connectivity index (χ1) is 9.17. The van der Waals surface area contributed by atoms with Crippen molar-refractivity contribution in [1.29, 1.82) is 0 Å². The lowest BCUT2D eigenvalue weighted by molar-refractivity contribution is 0.0902. The Labute approximate surface area is 113 Å². The molecule has 1 spiro atoms. The molecule has 2 aliphatic rings. The summed E-state index contributed by atoms with van der Waals surface area (Å²) in [4.78, 5) is 12.8. The van der Waals surface area contributed by atoms with Crippen LogP contribution < -0.4 is 0 Å². The molecule has 19 heavy (non-hydrogen) atoms. The van der Waals surface area contributed by atoms with Crippen LogP contribution in [0, 0.1) is 5.41 Å². The highest BCUT2D eigenvalue weighted by atomic mass is 16.1. The molecule has 1 fully saturated rings. The summed E-state index contributed by atoms with van der Waals surface area (Å²) < 4.78 is 0. The predicted octanol–water partition coefficient (Wildman–Crippen LogP) is 3.77. The van der Waals surface area contributed by atoms with Crippen molar-refractivity contribution in [3.05, 3.63) is 71.3 Å². The van der Waals surface area contributed by atoms with Gasteiger partial charge in [0.1, 0.15) is 0 Å². The van der Waals surface area contributed by atoms with Crippen molar-refractivity contribution in [3.8, 4) is 0 Å². The summed E-state index contributed by atoms with van der Waals surface area (Å²) in [5, 5.41) is 0. The molecule has 2 atom stereocenters. The van der Waals surface area contributed by atoms with Crippen LogP contribution in [-0.4, -0.2) is 5.78 Å². The molecule has 2 aromatic carbocycles. The first kappa shape index (κ1) is 11.0. The quantitative estimate of drug-likeness (QED) is 0.750. The van der Waals surface area contributed by atoms with Crippen LogP contribution in [0.3, 0.4) is 0 Å². The summed E-state index contributed by atoms with van der Waals surface area (Å²) in [5.74, 6) is 0.356. The fraction of sp³-hybridized carbons (Fsp3) is 0.278. The minimum atomic E-state index is -0.169. The second-order valence-corrected chi connectivity index (χ2v) is 6.12. The van der Waals surface area contributed by atoms with Crippen molar-refractivity contribution in [3.63, 3.8) is 0 Å². The fourth-order valence-corrected chi connectivity index (χ4v) is 3.89. The smallest absolute Gasteiger partial charge is 0.170 e. The van der Waals surface area contributed by atoms with Gasteiger partial charge in [0.25, 0.3) is 0 Å². The molecule has 0 bridgehead atoms. The zero-order valence-corrected chi connectivity index (χ0v) is 11.0. The number of carbonyl (C=O) groups is 1. The number of ketones is 1. The Morgan fingerprint density at radius 1 is 0.947 bits per heavy atom. The second-order valence-electron chi connectivity index (χ2n) is 6.12. The molecule has 1 heteroatoms. The van der Waals surface area contributed by atoms with Crippen molar-refractivity contribution < 1.29 is 4.79 Å². The number of rotatable bonds is 1. The number of Topliss-reactive ketones (excluding diaryl/α,β-unsaturated/α-hetero) is 1. The van der Waals surface area contributed by atoms with E-state index in [9.17, 15) is 4.79 Å². The van der Waals surface area contributed by atoms with E-state index >= 15 is 0 Å². The van der Waals surface area contributed by atoms with Crippen LogP contribution in [0.2, 0.25) is 0 Å². The first-order valence-corrected chi connectivity index (χ1v) is 6.86. The third kappa shape index (κ3) is 1.23. The molecule has 0 N–H and O–H groups in total. The normalized spacial score (nSPS) is 31.5. The third-order valence-corrected chi connectivity index (χ3v) is 5.19. The zero-order chi connectivity index (χ0) is 13.1. The molecule has 0 aliphatic heterocycles. The van der Waals surface area contributed by atoms with E-state index in [1.807, 2.05) is 24.3 Å². The zero-order valence-electron chi connectivity index (χ0n) is 11.0. The average Bonchev–Trinajstić information content (AvgIpc) is 2.96. The summed E-state index contributed by atoms with van der Waals surface area (Å²) in [6.07, 6.45) is 1.89. The van der Waals surface area contributed by atoms with Crippen LogP contribution in [0.5, 0.6) is 0 Å². The molecule has 94 valence electrons. The van der Waals surface area contributed by atoms with Crippen LogP contribution in [0.25, 0.3) is 0 Å². The lowest BCUT2D eigenvalue weighted by Crippen LogP contribution is -2.21. The van der Waals surface area contributed by atoms with Crippen LogP contribution >= 0.6 is 0 Å². The van der Waals surface area contributed by atoms with Gasteiger partial charge in [-0.15, -0.1) is 0 Å². The van der Waals surface area contributed by atoms with Gasteiger partial charge in [-0.2, -0.15) is 0 Å². The van der Waals surface area contributed by atoms with Gasteiger partial charge in [0.2, 0.25) is 0 Å². The second kappa shape index (κ2) is 3.36. The van der Waals surface area contributed by atoms with Gasteiger partial charge in [-0.3, -0.25) is 4.79 Å². The molecule has 4 rings (SSSR count). The van der Waals surface area contributed by atoms with E-state index < -0.39 is 0 Å². The van der Waals surface area contributed by atoms with Gasteiger partial charge in [-0.1, -0.05) is 61.5 Å². The Morgan fingerprint density at radius 2 is 1.63 bits per heavy atom. The molecular formula is C18H16O. The number of fused-ring (bicyclic) bond motifs is 1. The van der Waals surface area contributed by atoms with Crippen LogP contribution in [0.4, 0.5) is 0 Å². The third-order valence-electron chi connectivity index (χ3n) is 5.19. The maximum Gasteiger partial charge on any atom is 0.170 e. The van der Waals surface area contributed by atoms with Crippen LogP contribution in [0.1, 0.15) is 34.8 Å². The van der Waals surface area contributed by atoms with Crippen molar-refractivity contribution in [1.82, 2.24) is 0 Å². The molecule has 0 radical (unpaired) electrons.